The molecule has 1 fully saturated rings. The van der Waals surface area contributed by atoms with Crippen LogP contribution in [-0.2, 0) is 14.1 Å². The van der Waals surface area contributed by atoms with Gasteiger partial charge in [0.25, 0.3) is 0 Å². The fourth-order valence-corrected chi connectivity index (χ4v) is 2.63. The molecule has 0 spiro atoms. The SMILES string of the molecule is CC(=O)NCC(=Cc1cc(C)cc(C=O)c1)B1OC(C)(C)C(C)(C)O1. The van der Waals surface area contributed by atoms with Gasteiger partial charge < -0.3 is 14.6 Å². The molecule has 1 heterocycles. The van der Waals surface area contributed by atoms with Gasteiger partial charge in [-0.3, -0.25) is 9.59 Å². The van der Waals surface area contributed by atoms with Crippen molar-refractivity contribution in [2.75, 3.05) is 6.54 Å². The summed E-state index contributed by atoms with van der Waals surface area (Å²) < 4.78 is 12.2. The van der Waals surface area contributed by atoms with E-state index in [9.17, 15) is 9.59 Å². The Morgan fingerprint density at radius 2 is 1.68 bits per heavy atom. The minimum Gasteiger partial charge on any atom is -0.400 e. The van der Waals surface area contributed by atoms with E-state index in [2.05, 4.69) is 5.32 Å². The van der Waals surface area contributed by atoms with Crippen LogP contribution in [0.15, 0.2) is 23.7 Å². The molecule has 0 radical (unpaired) electrons. The third-order valence-electron chi connectivity index (χ3n) is 4.71. The molecule has 1 amide bonds. The minimum atomic E-state index is -0.558. The summed E-state index contributed by atoms with van der Waals surface area (Å²) in [6.07, 6.45) is 2.74. The van der Waals surface area contributed by atoms with Crippen molar-refractivity contribution in [3.63, 3.8) is 0 Å². The van der Waals surface area contributed by atoms with E-state index in [4.69, 9.17) is 9.31 Å². The van der Waals surface area contributed by atoms with Gasteiger partial charge >= 0.3 is 7.12 Å². The van der Waals surface area contributed by atoms with Crippen molar-refractivity contribution in [3.05, 3.63) is 40.4 Å². The maximum absolute atomic E-state index is 11.4. The van der Waals surface area contributed by atoms with Gasteiger partial charge in [0.1, 0.15) is 6.29 Å². The molecule has 5 nitrogen and oxygen atoms in total. The molecule has 0 unspecified atom stereocenters. The molecule has 2 rings (SSSR count). The standard InChI is InChI=1S/C19H26BNO4/c1-13-7-15(9-16(8-13)12-22)10-17(11-21-14(2)23)20-24-18(3,4)19(5,6)25-20/h7-10,12H,11H2,1-6H3,(H,21,23). The second kappa shape index (κ2) is 7.14. The predicted molar refractivity (Wildman–Crippen MR) is 99.3 cm³/mol. The zero-order valence-corrected chi connectivity index (χ0v) is 15.8. The summed E-state index contributed by atoms with van der Waals surface area (Å²) in [6, 6.07) is 5.61. The van der Waals surface area contributed by atoms with Crippen LogP contribution < -0.4 is 5.32 Å². The lowest BCUT2D eigenvalue weighted by Gasteiger charge is -2.32. The normalized spacial score (nSPS) is 19.0. The summed E-state index contributed by atoms with van der Waals surface area (Å²) in [4.78, 5) is 22.5. The number of aryl methyl sites for hydroxylation is 1. The number of nitrogens with one attached hydrogen (secondary N) is 1. The Balaban J connectivity index is 2.38. The number of benzene rings is 1. The molecule has 1 saturated heterocycles. The summed E-state index contributed by atoms with van der Waals surface area (Å²) in [7, 11) is -0.558. The van der Waals surface area contributed by atoms with Crippen molar-refractivity contribution >= 4 is 25.4 Å². The number of aldehydes is 1. The quantitative estimate of drug-likeness (QED) is 0.659. The number of rotatable bonds is 5. The second-order valence-electron chi connectivity index (χ2n) is 7.51. The Labute approximate surface area is 149 Å². The van der Waals surface area contributed by atoms with E-state index < -0.39 is 18.3 Å². The van der Waals surface area contributed by atoms with Gasteiger partial charge in [-0.25, -0.2) is 0 Å². The molecule has 0 aromatic heterocycles. The van der Waals surface area contributed by atoms with Crippen molar-refractivity contribution in [3.8, 4) is 0 Å². The first-order chi connectivity index (χ1) is 11.5. The first-order valence-electron chi connectivity index (χ1n) is 8.41. The predicted octanol–water partition coefficient (Wildman–Crippen LogP) is 2.96. The van der Waals surface area contributed by atoms with Gasteiger partial charge in [0.15, 0.2) is 0 Å². The van der Waals surface area contributed by atoms with Crippen LogP contribution in [0.4, 0.5) is 0 Å². The van der Waals surface area contributed by atoms with E-state index in [0.29, 0.717) is 12.1 Å². The molecule has 25 heavy (non-hydrogen) atoms. The fraction of sp³-hybridized carbons (Fsp3) is 0.474. The fourth-order valence-electron chi connectivity index (χ4n) is 2.63. The topological polar surface area (TPSA) is 64.6 Å². The molecule has 0 bridgehead atoms. The zero-order chi connectivity index (χ0) is 18.8. The summed E-state index contributed by atoms with van der Waals surface area (Å²) in [5, 5.41) is 2.80. The molecule has 0 aliphatic carbocycles. The smallest absolute Gasteiger partial charge is 0.400 e. The number of hydrogen-bond donors (Lipinski definition) is 1. The average molecular weight is 343 g/mol. The van der Waals surface area contributed by atoms with E-state index in [1.807, 2.05) is 52.8 Å². The number of carbonyl (C=O) groups is 2. The average Bonchev–Trinajstić information content (AvgIpc) is 2.70. The van der Waals surface area contributed by atoms with Crippen LogP contribution in [0.3, 0.4) is 0 Å². The van der Waals surface area contributed by atoms with E-state index in [1.54, 1.807) is 6.07 Å². The highest BCUT2D eigenvalue weighted by Gasteiger charge is 2.52. The van der Waals surface area contributed by atoms with Gasteiger partial charge in [-0.2, -0.15) is 0 Å². The molecule has 1 aliphatic heterocycles. The van der Waals surface area contributed by atoms with Gasteiger partial charge in [-0.15, -0.1) is 0 Å². The molecule has 1 aliphatic rings. The van der Waals surface area contributed by atoms with Gasteiger partial charge in [-0.05, 0) is 63.4 Å². The lowest BCUT2D eigenvalue weighted by atomic mass is 9.76. The van der Waals surface area contributed by atoms with Crippen LogP contribution in [0.2, 0.25) is 0 Å². The van der Waals surface area contributed by atoms with Crippen LogP contribution >= 0.6 is 0 Å². The van der Waals surface area contributed by atoms with E-state index >= 15 is 0 Å². The zero-order valence-electron chi connectivity index (χ0n) is 15.8. The Morgan fingerprint density at radius 3 is 2.20 bits per heavy atom. The van der Waals surface area contributed by atoms with Crippen LogP contribution in [-0.4, -0.2) is 37.1 Å². The highest BCUT2D eigenvalue weighted by atomic mass is 16.7. The van der Waals surface area contributed by atoms with Crippen molar-refractivity contribution in [2.24, 2.45) is 0 Å². The monoisotopic (exact) mass is 343 g/mol. The highest BCUT2D eigenvalue weighted by Crippen LogP contribution is 2.38. The minimum absolute atomic E-state index is 0.125. The van der Waals surface area contributed by atoms with Gasteiger partial charge in [0.2, 0.25) is 5.91 Å². The van der Waals surface area contributed by atoms with Gasteiger partial charge in [0, 0.05) is 19.0 Å². The maximum atomic E-state index is 11.4. The van der Waals surface area contributed by atoms with Crippen molar-refractivity contribution < 1.29 is 18.9 Å². The van der Waals surface area contributed by atoms with Crippen LogP contribution in [0.25, 0.3) is 6.08 Å². The first kappa shape index (κ1) is 19.4. The Kier molecular flexibility index (Phi) is 5.54. The summed E-state index contributed by atoms with van der Waals surface area (Å²) in [5.74, 6) is -0.125. The number of hydrogen-bond acceptors (Lipinski definition) is 4. The molecular formula is C19H26BNO4. The van der Waals surface area contributed by atoms with Crippen LogP contribution in [0, 0.1) is 6.92 Å². The highest BCUT2D eigenvalue weighted by molar-refractivity contribution is 6.56. The summed E-state index contributed by atoms with van der Waals surface area (Å²) >= 11 is 0. The van der Waals surface area contributed by atoms with Gasteiger partial charge in [0.05, 0.1) is 11.2 Å². The summed E-state index contributed by atoms with van der Waals surface area (Å²) in [6.45, 7) is 11.7. The summed E-state index contributed by atoms with van der Waals surface area (Å²) in [5.41, 5.74) is 2.34. The van der Waals surface area contributed by atoms with Gasteiger partial charge in [-0.1, -0.05) is 12.1 Å². The van der Waals surface area contributed by atoms with Crippen molar-refractivity contribution in [2.45, 2.75) is 52.7 Å². The molecule has 1 aromatic carbocycles. The van der Waals surface area contributed by atoms with Crippen LogP contribution in [0.1, 0.15) is 56.1 Å². The molecule has 134 valence electrons. The van der Waals surface area contributed by atoms with E-state index in [-0.39, 0.29) is 5.91 Å². The molecular weight excluding hydrogens is 317 g/mol. The third kappa shape index (κ3) is 4.58. The Morgan fingerprint density at radius 1 is 1.12 bits per heavy atom. The van der Waals surface area contributed by atoms with E-state index in [1.165, 1.54) is 6.92 Å². The van der Waals surface area contributed by atoms with Crippen LogP contribution in [0.5, 0.6) is 0 Å². The van der Waals surface area contributed by atoms with Crippen molar-refractivity contribution in [1.82, 2.24) is 5.32 Å². The third-order valence-corrected chi connectivity index (χ3v) is 4.71. The second-order valence-corrected chi connectivity index (χ2v) is 7.51. The molecule has 1 aromatic rings. The Bertz CT molecular complexity index is 693. The largest absolute Gasteiger partial charge is 0.492 e. The lowest BCUT2D eigenvalue weighted by Crippen LogP contribution is -2.41. The molecule has 1 N–H and O–H groups in total. The molecule has 0 atom stereocenters. The van der Waals surface area contributed by atoms with E-state index in [0.717, 1.165) is 22.9 Å². The number of carbonyl (C=O) groups excluding carboxylic acids is 2. The molecule has 0 saturated carbocycles. The Hall–Kier alpha value is -1.92. The lowest BCUT2D eigenvalue weighted by molar-refractivity contribution is -0.118. The maximum Gasteiger partial charge on any atom is 0.492 e. The first-order valence-corrected chi connectivity index (χ1v) is 8.41. The molecule has 6 heteroatoms. The number of amides is 1. The van der Waals surface area contributed by atoms with Crippen molar-refractivity contribution in [1.29, 1.82) is 0 Å².